The number of benzene rings is 2. The fourth-order valence-corrected chi connectivity index (χ4v) is 3.47. The van der Waals surface area contributed by atoms with Gasteiger partial charge in [-0.05, 0) is 19.1 Å². The Morgan fingerprint density at radius 2 is 2.00 bits per heavy atom. The van der Waals surface area contributed by atoms with E-state index in [0.717, 1.165) is 0 Å². The van der Waals surface area contributed by atoms with E-state index in [2.05, 4.69) is 0 Å². The largest absolute Gasteiger partial charge is 0.397 e. The van der Waals surface area contributed by atoms with Gasteiger partial charge in [0, 0.05) is 22.9 Å². The lowest BCUT2D eigenvalue weighted by Gasteiger charge is -2.17. The van der Waals surface area contributed by atoms with Gasteiger partial charge in [-0.2, -0.15) is 0 Å². The van der Waals surface area contributed by atoms with Crippen molar-refractivity contribution in [2.75, 3.05) is 17.2 Å². The molecule has 2 aromatic carbocycles. The van der Waals surface area contributed by atoms with Crippen molar-refractivity contribution in [3.63, 3.8) is 0 Å². The highest BCUT2D eigenvalue weighted by atomic mass is 32.2. The van der Waals surface area contributed by atoms with Crippen molar-refractivity contribution >= 4 is 38.1 Å². The molecule has 1 aliphatic heterocycles. The van der Waals surface area contributed by atoms with Crippen LogP contribution in [-0.4, -0.2) is 20.9 Å². The summed E-state index contributed by atoms with van der Waals surface area (Å²) < 4.78 is 23.4. The third-order valence-electron chi connectivity index (χ3n) is 3.49. The molecule has 0 unspecified atom stereocenters. The summed E-state index contributed by atoms with van der Waals surface area (Å²) in [7, 11) is -3.91. The number of anilines is 2. The van der Waals surface area contributed by atoms with E-state index >= 15 is 0 Å². The summed E-state index contributed by atoms with van der Waals surface area (Å²) >= 11 is 0. The van der Waals surface area contributed by atoms with E-state index < -0.39 is 10.0 Å². The first-order valence-electron chi connectivity index (χ1n) is 6.06. The summed E-state index contributed by atoms with van der Waals surface area (Å²) in [4.78, 5) is 13.8. The quantitative estimate of drug-likeness (QED) is 0.806. The molecule has 0 aromatic heterocycles. The van der Waals surface area contributed by atoms with Crippen LogP contribution >= 0.6 is 0 Å². The van der Waals surface area contributed by atoms with Crippen LogP contribution in [0, 0.1) is 0 Å². The Kier molecular flexibility index (Phi) is 2.54. The number of nitrogen functional groups attached to an aromatic ring is 1. The van der Waals surface area contributed by atoms with Crippen LogP contribution in [0.15, 0.2) is 29.2 Å². The lowest BCUT2D eigenvalue weighted by Crippen LogP contribution is -2.26. The van der Waals surface area contributed by atoms with E-state index in [1.807, 2.05) is 6.92 Å². The van der Waals surface area contributed by atoms with Crippen molar-refractivity contribution in [2.24, 2.45) is 5.14 Å². The van der Waals surface area contributed by atoms with Gasteiger partial charge in [0.1, 0.15) is 0 Å². The van der Waals surface area contributed by atoms with Crippen LogP contribution in [0.25, 0.3) is 10.8 Å². The van der Waals surface area contributed by atoms with Crippen LogP contribution in [-0.2, 0) is 10.0 Å². The number of carbonyl (C=O) groups is 1. The summed E-state index contributed by atoms with van der Waals surface area (Å²) in [5, 5.41) is 6.22. The molecule has 6 nitrogen and oxygen atoms in total. The average molecular weight is 291 g/mol. The number of nitrogens with zero attached hydrogens (tertiary/aromatic N) is 1. The van der Waals surface area contributed by atoms with E-state index in [4.69, 9.17) is 10.9 Å². The topological polar surface area (TPSA) is 106 Å². The Morgan fingerprint density at radius 1 is 1.30 bits per heavy atom. The lowest BCUT2D eigenvalue weighted by molar-refractivity contribution is 0.0994. The van der Waals surface area contributed by atoms with Crippen molar-refractivity contribution in [3.8, 4) is 0 Å². The molecule has 0 radical (unpaired) electrons. The van der Waals surface area contributed by atoms with Crippen molar-refractivity contribution in [3.05, 3.63) is 29.8 Å². The Bertz CT molecular complexity index is 859. The Hall–Kier alpha value is -2.12. The third-order valence-corrected chi connectivity index (χ3v) is 4.45. The molecule has 20 heavy (non-hydrogen) atoms. The van der Waals surface area contributed by atoms with Crippen LogP contribution in [0.1, 0.15) is 17.3 Å². The van der Waals surface area contributed by atoms with Crippen LogP contribution in [0.3, 0.4) is 0 Å². The summed E-state index contributed by atoms with van der Waals surface area (Å²) in [6, 6.07) is 6.26. The molecule has 0 aliphatic carbocycles. The van der Waals surface area contributed by atoms with Crippen LogP contribution in [0.2, 0.25) is 0 Å². The number of nitrogens with two attached hydrogens (primary N) is 2. The minimum atomic E-state index is -3.91. The summed E-state index contributed by atoms with van der Waals surface area (Å²) in [6.45, 7) is 2.30. The van der Waals surface area contributed by atoms with Gasteiger partial charge in [-0.1, -0.05) is 12.1 Å². The van der Waals surface area contributed by atoms with Crippen LogP contribution < -0.4 is 15.8 Å². The maximum Gasteiger partial charge on any atom is 0.259 e. The van der Waals surface area contributed by atoms with Gasteiger partial charge in [0.05, 0.1) is 16.3 Å². The Labute approximate surface area is 116 Å². The maximum atomic E-state index is 12.3. The summed E-state index contributed by atoms with van der Waals surface area (Å²) in [5.41, 5.74) is 7.20. The molecule has 0 fully saturated rings. The molecule has 0 saturated carbocycles. The normalized spacial score (nSPS) is 14.3. The molecular formula is C13H13N3O3S. The number of rotatable bonds is 2. The number of primary sulfonamides is 1. The monoisotopic (exact) mass is 291 g/mol. The number of carbonyl (C=O) groups excluding carboxylic acids is 1. The third kappa shape index (κ3) is 1.53. The molecule has 0 bridgehead atoms. The number of hydrogen-bond donors (Lipinski definition) is 2. The lowest BCUT2D eigenvalue weighted by atomic mass is 10.0. The van der Waals surface area contributed by atoms with Crippen LogP contribution in [0.4, 0.5) is 11.4 Å². The predicted molar refractivity (Wildman–Crippen MR) is 77.1 cm³/mol. The summed E-state index contributed by atoms with van der Waals surface area (Å²) in [6.07, 6.45) is 0. The van der Waals surface area contributed by atoms with Gasteiger partial charge >= 0.3 is 0 Å². The van der Waals surface area contributed by atoms with E-state index in [1.54, 1.807) is 23.1 Å². The molecule has 7 heteroatoms. The smallest absolute Gasteiger partial charge is 0.259 e. The highest BCUT2D eigenvalue weighted by Crippen LogP contribution is 2.43. The van der Waals surface area contributed by atoms with E-state index in [1.165, 1.54) is 6.07 Å². The molecule has 104 valence electrons. The number of amides is 1. The number of hydrogen-bond acceptors (Lipinski definition) is 4. The molecule has 4 N–H and O–H groups in total. The van der Waals surface area contributed by atoms with E-state index in [-0.39, 0.29) is 16.5 Å². The van der Waals surface area contributed by atoms with Crippen molar-refractivity contribution < 1.29 is 13.2 Å². The molecule has 2 aromatic rings. The fraction of sp³-hybridized carbons (Fsp3) is 0.154. The molecule has 1 aliphatic rings. The molecular weight excluding hydrogens is 278 g/mol. The van der Waals surface area contributed by atoms with Crippen molar-refractivity contribution in [1.82, 2.24) is 0 Å². The maximum absolute atomic E-state index is 12.3. The number of sulfonamides is 1. The van der Waals surface area contributed by atoms with Gasteiger partial charge in [-0.25, -0.2) is 13.6 Å². The van der Waals surface area contributed by atoms with Gasteiger partial charge in [0.15, 0.2) is 0 Å². The zero-order valence-corrected chi connectivity index (χ0v) is 11.6. The van der Waals surface area contributed by atoms with Gasteiger partial charge in [-0.3, -0.25) is 4.79 Å². The zero-order valence-electron chi connectivity index (χ0n) is 10.8. The molecule has 3 rings (SSSR count). The second-order valence-corrected chi connectivity index (χ2v) is 6.16. The molecule has 0 saturated heterocycles. The fourth-order valence-electron chi connectivity index (χ4n) is 2.70. The van der Waals surface area contributed by atoms with Crippen LogP contribution in [0.5, 0.6) is 0 Å². The van der Waals surface area contributed by atoms with Crippen molar-refractivity contribution in [1.29, 1.82) is 0 Å². The highest BCUT2D eigenvalue weighted by Gasteiger charge is 2.32. The van der Waals surface area contributed by atoms with E-state index in [9.17, 15) is 13.2 Å². The SMILES string of the molecule is CCN1C(=O)c2cccc3c(S(N)(=O)=O)cc(N)c1c23. The summed E-state index contributed by atoms with van der Waals surface area (Å²) in [5.74, 6) is -0.175. The zero-order chi connectivity index (χ0) is 14.7. The van der Waals surface area contributed by atoms with Gasteiger partial charge < -0.3 is 10.6 Å². The van der Waals surface area contributed by atoms with Gasteiger partial charge in [0.25, 0.3) is 5.91 Å². The standard InChI is InChI=1S/C13H13N3O3S/c1-2-16-12-9(14)6-10(20(15,18)19)7-4-3-5-8(11(7)12)13(16)17/h3-6H,2,14H2,1H3,(H2,15,18,19). The highest BCUT2D eigenvalue weighted by molar-refractivity contribution is 7.89. The van der Waals surface area contributed by atoms with Gasteiger partial charge in [0.2, 0.25) is 10.0 Å². The Balaban J connectivity index is 2.55. The molecule has 1 heterocycles. The first-order chi connectivity index (χ1) is 9.36. The van der Waals surface area contributed by atoms with Crippen molar-refractivity contribution in [2.45, 2.75) is 11.8 Å². The van der Waals surface area contributed by atoms with Gasteiger partial charge in [-0.15, -0.1) is 0 Å². The minimum absolute atomic E-state index is 0.0543. The first-order valence-corrected chi connectivity index (χ1v) is 7.60. The molecule has 1 amide bonds. The first kappa shape index (κ1) is 12.9. The average Bonchev–Trinajstić information content (AvgIpc) is 2.67. The second-order valence-electron chi connectivity index (χ2n) is 4.64. The predicted octanol–water partition coefficient (Wildman–Crippen LogP) is 1.05. The van der Waals surface area contributed by atoms with E-state index in [0.29, 0.717) is 28.6 Å². The second kappa shape index (κ2) is 3.94. The Morgan fingerprint density at radius 3 is 2.60 bits per heavy atom. The molecule has 0 atom stereocenters. The minimum Gasteiger partial charge on any atom is -0.397 e. The molecule has 0 spiro atoms.